The lowest BCUT2D eigenvalue weighted by Gasteiger charge is -2.22. The second-order valence-electron chi connectivity index (χ2n) is 6.94. The van der Waals surface area contributed by atoms with Crippen molar-refractivity contribution >= 4 is 61.3 Å². The first-order valence-electron chi connectivity index (χ1n) is 9.39. The SMILES string of the molecule is O=S(=O)(Nc1ncns1)c1cc(Cl)c(NCc2ccc(Cl)cc2N2CCCC2)cc1F. The van der Waals surface area contributed by atoms with Gasteiger partial charge in [0.15, 0.2) is 0 Å². The molecule has 0 spiro atoms. The van der Waals surface area contributed by atoms with Gasteiger partial charge in [-0.25, -0.2) is 17.8 Å². The Morgan fingerprint density at radius 3 is 2.65 bits per heavy atom. The zero-order valence-corrected chi connectivity index (χ0v) is 19.3. The number of nitrogens with zero attached hydrogens (tertiary/aromatic N) is 3. The average molecular weight is 502 g/mol. The number of anilines is 3. The molecule has 7 nitrogen and oxygen atoms in total. The van der Waals surface area contributed by atoms with Crippen molar-refractivity contribution in [3.8, 4) is 0 Å². The zero-order valence-electron chi connectivity index (χ0n) is 16.1. The fourth-order valence-electron chi connectivity index (χ4n) is 3.39. The number of benzene rings is 2. The van der Waals surface area contributed by atoms with E-state index in [9.17, 15) is 12.8 Å². The second-order valence-corrected chi connectivity index (χ2v) is 10.2. The van der Waals surface area contributed by atoms with Crippen LogP contribution in [0.5, 0.6) is 0 Å². The molecule has 0 atom stereocenters. The van der Waals surface area contributed by atoms with Gasteiger partial charge in [0.1, 0.15) is 17.0 Å². The summed E-state index contributed by atoms with van der Waals surface area (Å²) >= 11 is 13.3. The zero-order chi connectivity index (χ0) is 22.0. The number of hydrogen-bond donors (Lipinski definition) is 2. The molecule has 0 radical (unpaired) electrons. The van der Waals surface area contributed by atoms with Crippen LogP contribution in [0.3, 0.4) is 0 Å². The fraction of sp³-hybridized carbons (Fsp3) is 0.263. The van der Waals surface area contributed by atoms with Crippen LogP contribution in [0.4, 0.5) is 20.9 Å². The summed E-state index contributed by atoms with van der Waals surface area (Å²) in [4.78, 5) is 5.44. The predicted molar refractivity (Wildman–Crippen MR) is 122 cm³/mol. The number of sulfonamides is 1. The van der Waals surface area contributed by atoms with Crippen molar-refractivity contribution in [3.05, 3.63) is 58.1 Å². The van der Waals surface area contributed by atoms with Gasteiger partial charge in [-0.05, 0) is 42.7 Å². The van der Waals surface area contributed by atoms with Crippen molar-refractivity contribution in [2.45, 2.75) is 24.3 Å². The van der Waals surface area contributed by atoms with Crippen molar-refractivity contribution in [2.75, 3.05) is 28.0 Å². The van der Waals surface area contributed by atoms with E-state index in [0.29, 0.717) is 11.6 Å². The van der Waals surface area contributed by atoms with Gasteiger partial charge < -0.3 is 10.2 Å². The Labute approximate surface area is 193 Å². The Morgan fingerprint density at radius 1 is 1.16 bits per heavy atom. The van der Waals surface area contributed by atoms with Crippen molar-refractivity contribution in [3.63, 3.8) is 0 Å². The highest BCUT2D eigenvalue weighted by molar-refractivity contribution is 7.93. The molecule has 12 heteroatoms. The van der Waals surface area contributed by atoms with Crippen molar-refractivity contribution in [1.82, 2.24) is 9.36 Å². The molecule has 4 rings (SSSR count). The van der Waals surface area contributed by atoms with Gasteiger partial charge >= 0.3 is 0 Å². The standard InChI is InChI=1S/C19H18Cl2FN5O2S2/c20-13-4-3-12(17(7-13)27-5-1-2-6-27)10-23-16-9-15(22)18(8-14(16)21)31(28,29)26-19-24-11-25-30-19/h3-4,7-9,11,23H,1-2,5-6,10H2,(H,24,25,26). The Balaban J connectivity index is 1.55. The Hall–Kier alpha value is -2.14. The van der Waals surface area contributed by atoms with E-state index in [-0.39, 0.29) is 15.8 Å². The maximum absolute atomic E-state index is 14.7. The van der Waals surface area contributed by atoms with E-state index in [4.69, 9.17) is 23.2 Å². The second kappa shape index (κ2) is 9.15. The van der Waals surface area contributed by atoms with Gasteiger partial charge in [0.05, 0.1) is 10.7 Å². The van der Waals surface area contributed by atoms with E-state index < -0.39 is 20.7 Å². The summed E-state index contributed by atoms with van der Waals surface area (Å²) in [7, 11) is -4.19. The number of hydrogen-bond acceptors (Lipinski definition) is 7. The van der Waals surface area contributed by atoms with Gasteiger partial charge in [-0.2, -0.15) is 4.37 Å². The number of aromatic nitrogens is 2. The third-order valence-corrected chi connectivity index (χ3v) is 7.47. The van der Waals surface area contributed by atoms with Gasteiger partial charge in [-0.15, -0.1) is 0 Å². The first kappa shape index (κ1) is 22.1. The summed E-state index contributed by atoms with van der Waals surface area (Å²) < 4.78 is 45.5. The normalized spacial score (nSPS) is 14.1. The molecule has 1 aliphatic rings. The topological polar surface area (TPSA) is 87.2 Å². The molecule has 0 saturated carbocycles. The number of nitrogens with one attached hydrogen (secondary N) is 2. The summed E-state index contributed by atoms with van der Waals surface area (Å²) in [5, 5.41) is 3.86. The average Bonchev–Trinajstić information content (AvgIpc) is 3.42. The monoisotopic (exact) mass is 501 g/mol. The van der Waals surface area contributed by atoms with Crippen molar-refractivity contribution < 1.29 is 12.8 Å². The summed E-state index contributed by atoms with van der Waals surface area (Å²) in [5.41, 5.74) is 2.29. The number of halogens is 3. The Bertz CT molecular complexity index is 1190. The largest absolute Gasteiger partial charge is 0.380 e. The van der Waals surface area contributed by atoms with E-state index >= 15 is 0 Å². The van der Waals surface area contributed by atoms with Crippen LogP contribution in [-0.2, 0) is 16.6 Å². The third-order valence-electron chi connectivity index (χ3n) is 4.86. The molecule has 0 bridgehead atoms. The maximum Gasteiger partial charge on any atom is 0.266 e. The first-order chi connectivity index (χ1) is 14.8. The highest BCUT2D eigenvalue weighted by Crippen LogP contribution is 2.32. The molecule has 1 saturated heterocycles. The van der Waals surface area contributed by atoms with Crippen LogP contribution >= 0.6 is 34.7 Å². The lowest BCUT2D eigenvalue weighted by Crippen LogP contribution is -2.20. The highest BCUT2D eigenvalue weighted by atomic mass is 35.5. The van der Waals surface area contributed by atoms with Crippen molar-refractivity contribution in [2.24, 2.45) is 0 Å². The minimum absolute atomic E-state index is 0.0369. The summed E-state index contributed by atoms with van der Waals surface area (Å²) in [6.45, 7) is 2.28. The van der Waals surface area contributed by atoms with Crippen LogP contribution in [-0.4, -0.2) is 30.9 Å². The van der Waals surface area contributed by atoms with Crippen molar-refractivity contribution in [1.29, 1.82) is 0 Å². The molecular weight excluding hydrogens is 484 g/mol. The van der Waals surface area contributed by atoms with Gasteiger partial charge in [-0.3, -0.25) is 4.72 Å². The minimum atomic E-state index is -4.19. The summed E-state index contributed by atoms with van der Waals surface area (Å²) in [6.07, 6.45) is 3.45. The quantitative estimate of drug-likeness (QED) is 0.473. The summed E-state index contributed by atoms with van der Waals surface area (Å²) in [6, 6.07) is 7.78. The van der Waals surface area contributed by atoms with E-state index in [1.807, 2.05) is 12.1 Å². The molecule has 164 valence electrons. The molecule has 1 aromatic heterocycles. The van der Waals surface area contributed by atoms with Crippen LogP contribution < -0.4 is 14.9 Å². The molecule has 0 aliphatic carbocycles. The lowest BCUT2D eigenvalue weighted by atomic mass is 10.1. The van der Waals surface area contributed by atoms with Crippen LogP contribution in [0.2, 0.25) is 10.0 Å². The van der Waals surface area contributed by atoms with Crippen LogP contribution in [0.15, 0.2) is 41.6 Å². The molecule has 2 heterocycles. The van der Waals surface area contributed by atoms with E-state index in [0.717, 1.165) is 60.8 Å². The van der Waals surface area contributed by atoms with Gasteiger partial charge in [0.25, 0.3) is 10.0 Å². The fourth-order valence-corrected chi connectivity index (χ4v) is 5.60. The molecule has 0 amide bonds. The summed E-state index contributed by atoms with van der Waals surface area (Å²) in [5.74, 6) is -0.931. The predicted octanol–water partition coefficient (Wildman–Crippen LogP) is 5.00. The maximum atomic E-state index is 14.7. The molecule has 1 aliphatic heterocycles. The van der Waals surface area contributed by atoms with Gasteiger partial charge in [0.2, 0.25) is 5.13 Å². The molecule has 31 heavy (non-hydrogen) atoms. The Morgan fingerprint density at radius 2 is 1.94 bits per heavy atom. The van der Waals surface area contributed by atoms with E-state index in [1.54, 1.807) is 6.07 Å². The third kappa shape index (κ3) is 5.03. The van der Waals surface area contributed by atoms with Crippen LogP contribution in [0, 0.1) is 5.82 Å². The number of rotatable bonds is 7. The molecular formula is C19H18Cl2FN5O2S2. The molecule has 2 aromatic carbocycles. The smallest absolute Gasteiger partial charge is 0.266 e. The van der Waals surface area contributed by atoms with Gasteiger partial charge in [-0.1, -0.05) is 29.3 Å². The van der Waals surface area contributed by atoms with Crippen LogP contribution in [0.25, 0.3) is 0 Å². The first-order valence-corrected chi connectivity index (χ1v) is 12.4. The lowest BCUT2D eigenvalue weighted by molar-refractivity contribution is 0.570. The molecule has 0 unspecified atom stereocenters. The Kier molecular flexibility index (Phi) is 6.52. The molecule has 1 fully saturated rings. The van der Waals surface area contributed by atoms with E-state index in [1.165, 1.54) is 6.33 Å². The molecule has 2 N–H and O–H groups in total. The van der Waals surface area contributed by atoms with Crippen LogP contribution in [0.1, 0.15) is 18.4 Å². The van der Waals surface area contributed by atoms with E-state index in [2.05, 4.69) is 24.3 Å². The highest BCUT2D eigenvalue weighted by Gasteiger charge is 2.23. The molecule has 3 aromatic rings. The minimum Gasteiger partial charge on any atom is -0.380 e. The van der Waals surface area contributed by atoms with Gasteiger partial charge in [0, 0.05) is 41.9 Å².